The number of rotatable bonds is 4. The van der Waals surface area contributed by atoms with Crippen molar-refractivity contribution in [3.8, 4) is 5.75 Å². The van der Waals surface area contributed by atoms with Crippen molar-refractivity contribution in [3.05, 3.63) is 41.0 Å². The van der Waals surface area contributed by atoms with Gasteiger partial charge < -0.3 is 15.0 Å². The number of benzene rings is 1. The van der Waals surface area contributed by atoms with Crippen LogP contribution < -0.4 is 5.32 Å². The lowest BCUT2D eigenvalue weighted by atomic mass is 9.97. The van der Waals surface area contributed by atoms with Gasteiger partial charge in [-0.2, -0.15) is 0 Å². The standard InChI is InChI=1S/C16H22N4O/c1-10-4-5-13(21)16-12(8-11(2)15(10)16)17-7-6-14-19-18-9-20(14)3/h4-5,9,11-12,17,21H,6-8H2,1-3H3. The largest absolute Gasteiger partial charge is 0.508 e. The molecule has 0 saturated heterocycles. The van der Waals surface area contributed by atoms with E-state index < -0.39 is 0 Å². The first-order chi connectivity index (χ1) is 10.1. The summed E-state index contributed by atoms with van der Waals surface area (Å²) < 4.78 is 1.94. The second-order valence-electron chi connectivity index (χ2n) is 5.98. The monoisotopic (exact) mass is 286 g/mol. The smallest absolute Gasteiger partial charge is 0.133 e. The summed E-state index contributed by atoms with van der Waals surface area (Å²) in [5, 5.41) is 21.8. The van der Waals surface area contributed by atoms with E-state index in [4.69, 9.17) is 0 Å². The molecule has 2 atom stereocenters. The van der Waals surface area contributed by atoms with Crippen molar-refractivity contribution in [2.45, 2.75) is 38.6 Å². The van der Waals surface area contributed by atoms with Gasteiger partial charge in [0.05, 0.1) is 0 Å². The quantitative estimate of drug-likeness (QED) is 0.904. The number of aromatic nitrogens is 3. The van der Waals surface area contributed by atoms with Gasteiger partial charge in [-0.05, 0) is 36.5 Å². The third-order valence-corrected chi connectivity index (χ3v) is 4.46. The summed E-state index contributed by atoms with van der Waals surface area (Å²) in [6.07, 6.45) is 3.59. The Morgan fingerprint density at radius 2 is 2.19 bits per heavy atom. The van der Waals surface area contributed by atoms with E-state index >= 15 is 0 Å². The number of phenols is 1. The Balaban J connectivity index is 1.72. The summed E-state index contributed by atoms with van der Waals surface area (Å²) in [6.45, 7) is 5.18. The van der Waals surface area contributed by atoms with Gasteiger partial charge in [0.1, 0.15) is 17.9 Å². The molecule has 21 heavy (non-hydrogen) atoms. The highest BCUT2D eigenvalue weighted by molar-refractivity contribution is 5.50. The molecule has 0 saturated carbocycles. The minimum atomic E-state index is 0.225. The molecule has 1 heterocycles. The van der Waals surface area contributed by atoms with Crippen molar-refractivity contribution in [2.24, 2.45) is 7.05 Å². The summed E-state index contributed by atoms with van der Waals surface area (Å²) >= 11 is 0. The van der Waals surface area contributed by atoms with Gasteiger partial charge in [-0.1, -0.05) is 13.0 Å². The number of fused-ring (bicyclic) bond motifs is 1. The number of nitrogens with zero attached hydrogens (tertiary/aromatic N) is 3. The number of hydrogen-bond donors (Lipinski definition) is 2. The van der Waals surface area contributed by atoms with Gasteiger partial charge in [0.2, 0.25) is 0 Å². The van der Waals surface area contributed by atoms with Crippen molar-refractivity contribution in [1.29, 1.82) is 0 Å². The van der Waals surface area contributed by atoms with Crippen LogP contribution in [0.1, 0.15) is 47.8 Å². The molecule has 0 spiro atoms. The SMILES string of the molecule is Cc1ccc(O)c2c1C(C)CC2NCCc1nncn1C. The van der Waals surface area contributed by atoms with Gasteiger partial charge in [-0.3, -0.25) is 0 Å². The maximum absolute atomic E-state index is 10.2. The predicted molar refractivity (Wildman–Crippen MR) is 81.3 cm³/mol. The molecule has 112 valence electrons. The molecule has 2 aromatic rings. The highest BCUT2D eigenvalue weighted by atomic mass is 16.3. The fraction of sp³-hybridized carbons (Fsp3) is 0.500. The Hall–Kier alpha value is -1.88. The van der Waals surface area contributed by atoms with E-state index in [2.05, 4.69) is 29.4 Å². The number of nitrogens with one attached hydrogen (secondary N) is 1. The average Bonchev–Trinajstić information content (AvgIpc) is 3.00. The minimum absolute atomic E-state index is 0.225. The second-order valence-corrected chi connectivity index (χ2v) is 5.98. The van der Waals surface area contributed by atoms with E-state index in [-0.39, 0.29) is 6.04 Å². The molecule has 1 aliphatic carbocycles. The fourth-order valence-corrected chi connectivity index (χ4v) is 3.42. The second kappa shape index (κ2) is 5.48. The van der Waals surface area contributed by atoms with Crippen LogP contribution in [-0.2, 0) is 13.5 Å². The Morgan fingerprint density at radius 3 is 2.90 bits per heavy atom. The van der Waals surface area contributed by atoms with Crippen LogP contribution in [0.2, 0.25) is 0 Å². The molecule has 2 unspecified atom stereocenters. The maximum atomic E-state index is 10.2. The van der Waals surface area contributed by atoms with Gasteiger partial charge in [-0.15, -0.1) is 10.2 Å². The lowest BCUT2D eigenvalue weighted by Gasteiger charge is -2.15. The van der Waals surface area contributed by atoms with E-state index in [0.29, 0.717) is 11.7 Å². The van der Waals surface area contributed by atoms with Crippen LogP contribution >= 0.6 is 0 Å². The number of aryl methyl sites for hydroxylation is 2. The van der Waals surface area contributed by atoms with Crippen LogP contribution in [0.4, 0.5) is 0 Å². The summed E-state index contributed by atoms with van der Waals surface area (Å²) in [6, 6.07) is 4.04. The topological polar surface area (TPSA) is 63.0 Å². The zero-order valence-electron chi connectivity index (χ0n) is 12.8. The third-order valence-electron chi connectivity index (χ3n) is 4.46. The van der Waals surface area contributed by atoms with Gasteiger partial charge in [-0.25, -0.2) is 0 Å². The van der Waals surface area contributed by atoms with E-state index in [9.17, 15) is 5.11 Å². The predicted octanol–water partition coefficient (Wildman–Crippen LogP) is 2.21. The van der Waals surface area contributed by atoms with E-state index in [0.717, 1.165) is 30.8 Å². The van der Waals surface area contributed by atoms with Crippen molar-refractivity contribution in [2.75, 3.05) is 6.54 Å². The lowest BCUT2D eigenvalue weighted by Crippen LogP contribution is -2.23. The van der Waals surface area contributed by atoms with Crippen molar-refractivity contribution in [1.82, 2.24) is 20.1 Å². The molecule has 0 aliphatic heterocycles. The van der Waals surface area contributed by atoms with Gasteiger partial charge in [0.25, 0.3) is 0 Å². The Bertz CT molecular complexity index is 650. The Morgan fingerprint density at radius 1 is 1.38 bits per heavy atom. The molecule has 0 bridgehead atoms. The van der Waals surface area contributed by atoms with Crippen molar-refractivity contribution >= 4 is 0 Å². The molecular weight excluding hydrogens is 264 g/mol. The van der Waals surface area contributed by atoms with Crippen LogP contribution in [0.5, 0.6) is 5.75 Å². The molecule has 5 nitrogen and oxygen atoms in total. The normalized spacial score (nSPS) is 20.7. The van der Waals surface area contributed by atoms with Gasteiger partial charge in [0, 0.05) is 31.6 Å². The Labute approximate surface area is 125 Å². The molecule has 2 N–H and O–H groups in total. The first-order valence-electron chi connectivity index (χ1n) is 7.46. The molecule has 1 aromatic carbocycles. The highest BCUT2D eigenvalue weighted by Crippen LogP contribution is 2.45. The average molecular weight is 286 g/mol. The van der Waals surface area contributed by atoms with E-state index in [1.807, 2.05) is 23.7 Å². The maximum Gasteiger partial charge on any atom is 0.133 e. The molecule has 0 fully saturated rings. The number of aromatic hydroxyl groups is 1. The van der Waals surface area contributed by atoms with Crippen molar-refractivity contribution < 1.29 is 5.11 Å². The van der Waals surface area contributed by atoms with Crippen LogP contribution in [0, 0.1) is 6.92 Å². The van der Waals surface area contributed by atoms with Crippen LogP contribution in [0.15, 0.2) is 18.5 Å². The van der Waals surface area contributed by atoms with E-state index in [1.165, 1.54) is 11.1 Å². The van der Waals surface area contributed by atoms with Crippen LogP contribution in [0.25, 0.3) is 0 Å². The van der Waals surface area contributed by atoms with Gasteiger partial charge >= 0.3 is 0 Å². The molecule has 0 radical (unpaired) electrons. The first-order valence-corrected chi connectivity index (χ1v) is 7.46. The molecule has 5 heteroatoms. The first kappa shape index (κ1) is 14.1. The summed E-state index contributed by atoms with van der Waals surface area (Å²) in [5.74, 6) is 1.87. The summed E-state index contributed by atoms with van der Waals surface area (Å²) in [5.41, 5.74) is 3.67. The molecule has 1 aromatic heterocycles. The van der Waals surface area contributed by atoms with Crippen molar-refractivity contribution in [3.63, 3.8) is 0 Å². The highest BCUT2D eigenvalue weighted by Gasteiger charge is 2.31. The van der Waals surface area contributed by atoms with Crippen LogP contribution in [0.3, 0.4) is 0 Å². The number of phenolic OH excluding ortho intramolecular Hbond substituents is 1. The zero-order chi connectivity index (χ0) is 15.0. The minimum Gasteiger partial charge on any atom is -0.508 e. The lowest BCUT2D eigenvalue weighted by molar-refractivity contribution is 0.445. The molecular formula is C16H22N4O. The Kier molecular flexibility index (Phi) is 3.68. The summed E-state index contributed by atoms with van der Waals surface area (Å²) in [7, 11) is 1.96. The summed E-state index contributed by atoms with van der Waals surface area (Å²) in [4.78, 5) is 0. The third kappa shape index (κ3) is 2.53. The molecule has 1 aliphatic rings. The van der Waals surface area contributed by atoms with E-state index in [1.54, 1.807) is 6.33 Å². The fourth-order valence-electron chi connectivity index (χ4n) is 3.42. The molecule has 3 rings (SSSR count). The zero-order valence-corrected chi connectivity index (χ0v) is 12.8. The van der Waals surface area contributed by atoms with Gasteiger partial charge in [0.15, 0.2) is 0 Å². The molecule has 0 amide bonds. The number of hydrogen-bond acceptors (Lipinski definition) is 4. The van der Waals surface area contributed by atoms with Crippen LogP contribution in [-0.4, -0.2) is 26.4 Å².